The van der Waals surface area contributed by atoms with Gasteiger partial charge in [0.05, 0.1) is 11.0 Å². The second-order valence-corrected chi connectivity index (χ2v) is 17.2. The second-order valence-electron chi connectivity index (χ2n) is 17.2. The summed E-state index contributed by atoms with van der Waals surface area (Å²) in [5, 5.41) is 7.88. The molecular weight excluding hydrogens is 663 g/mol. The van der Waals surface area contributed by atoms with E-state index in [0.717, 1.165) is 23.7 Å². The van der Waals surface area contributed by atoms with Crippen LogP contribution in [-0.2, 0) is 5.41 Å². The van der Waals surface area contributed by atoms with Crippen molar-refractivity contribution < 1.29 is 0 Å². The molecule has 0 unspecified atom stereocenters. The maximum Gasteiger partial charge on any atom is 0.0541 e. The van der Waals surface area contributed by atoms with Crippen LogP contribution in [0.5, 0.6) is 0 Å². The number of hydrogen-bond donors (Lipinski definition) is 0. The predicted molar refractivity (Wildman–Crippen MR) is 230 cm³/mol. The molecule has 1 heteroatoms. The number of rotatable bonds is 3. The van der Waals surface area contributed by atoms with Gasteiger partial charge >= 0.3 is 0 Å². The molecule has 8 aromatic carbocycles. The molecule has 262 valence electrons. The summed E-state index contributed by atoms with van der Waals surface area (Å²) in [6, 6.07) is 62.3. The topological polar surface area (TPSA) is 4.93 Å². The Morgan fingerprint density at radius 3 is 1.44 bits per heavy atom. The van der Waals surface area contributed by atoms with Gasteiger partial charge in [0.25, 0.3) is 0 Å². The molecule has 1 aromatic heterocycles. The Morgan fingerprint density at radius 2 is 0.836 bits per heavy atom. The third-order valence-corrected chi connectivity index (χ3v) is 14.8. The van der Waals surface area contributed by atoms with E-state index in [4.69, 9.17) is 0 Å². The lowest BCUT2D eigenvalue weighted by Gasteiger charge is -2.61. The highest BCUT2D eigenvalue weighted by atomic mass is 15.0. The van der Waals surface area contributed by atoms with Gasteiger partial charge in [-0.3, -0.25) is 0 Å². The van der Waals surface area contributed by atoms with Gasteiger partial charge in [-0.05, 0) is 146 Å². The minimum Gasteiger partial charge on any atom is -0.309 e. The van der Waals surface area contributed by atoms with Gasteiger partial charge in [0, 0.05) is 21.9 Å². The third kappa shape index (κ3) is 3.93. The highest BCUT2D eigenvalue weighted by Gasteiger charge is 2.61. The average molecular weight is 704 g/mol. The van der Waals surface area contributed by atoms with Gasteiger partial charge in [0.1, 0.15) is 0 Å². The van der Waals surface area contributed by atoms with Gasteiger partial charge in [-0.15, -0.1) is 0 Å². The Kier molecular flexibility index (Phi) is 6.13. The standard InChI is InChI=1S/C54H41N/c1-3-16-43-41(14-1)51(35-24-26-38(27-25-35)55-49-22-9-6-12-39(49)40-13-7-10-23-50(40)55)42-15-2-4-17-44(42)52(43)46-19-11-21-48-53(46)45-18-5-8-20-47(45)54(48)36-29-33-28-34(31-36)32-37(54)30-33/h1-27,33-34,36-37H,28-32H2. The van der Waals surface area contributed by atoms with Crippen LogP contribution in [0.1, 0.15) is 43.2 Å². The minimum atomic E-state index is 0.152. The fraction of sp³-hybridized carbons (Fsp3) is 0.185. The van der Waals surface area contributed by atoms with E-state index in [9.17, 15) is 0 Å². The summed E-state index contributed by atoms with van der Waals surface area (Å²) in [7, 11) is 0. The first-order valence-corrected chi connectivity index (χ1v) is 20.5. The molecule has 5 aliphatic rings. The van der Waals surface area contributed by atoms with Crippen molar-refractivity contribution in [2.75, 3.05) is 0 Å². The fourth-order valence-electron chi connectivity index (χ4n) is 13.1. The van der Waals surface area contributed by atoms with Crippen LogP contribution in [0, 0.1) is 23.7 Å². The van der Waals surface area contributed by atoms with Gasteiger partial charge in [-0.1, -0.05) is 140 Å². The van der Waals surface area contributed by atoms with Crippen molar-refractivity contribution in [3.63, 3.8) is 0 Å². The van der Waals surface area contributed by atoms with Crippen molar-refractivity contribution in [3.05, 3.63) is 175 Å². The van der Waals surface area contributed by atoms with E-state index in [1.807, 2.05) is 0 Å². The molecule has 1 heterocycles. The van der Waals surface area contributed by atoms with Crippen molar-refractivity contribution in [3.8, 4) is 39.1 Å². The molecule has 0 amide bonds. The lowest BCUT2D eigenvalue weighted by molar-refractivity contribution is -0.0399. The lowest BCUT2D eigenvalue weighted by Crippen LogP contribution is -2.55. The van der Waals surface area contributed by atoms with Gasteiger partial charge < -0.3 is 4.57 Å². The molecule has 0 atom stereocenters. The summed E-state index contributed by atoms with van der Waals surface area (Å²) in [4.78, 5) is 0. The molecule has 0 saturated heterocycles. The molecule has 4 fully saturated rings. The maximum absolute atomic E-state index is 2.54. The minimum absolute atomic E-state index is 0.152. The van der Waals surface area contributed by atoms with Crippen LogP contribution in [0.3, 0.4) is 0 Å². The van der Waals surface area contributed by atoms with Crippen LogP contribution in [0.4, 0.5) is 0 Å². The first-order chi connectivity index (χ1) is 27.3. The van der Waals surface area contributed by atoms with E-state index in [-0.39, 0.29) is 5.41 Å². The van der Waals surface area contributed by atoms with Crippen molar-refractivity contribution >= 4 is 43.4 Å². The van der Waals surface area contributed by atoms with Gasteiger partial charge in [-0.2, -0.15) is 0 Å². The summed E-state index contributed by atoms with van der Waals surface area (Å²) in [5.74, 6) is 3.37. The van der Waals surface area contributed by atoms with Crippen LogP contribution in [0.25, 0.3) is 82.4 Å². The van der Waals surface area contributed by atoms with E-state index in [2.05, 4.69) is 168 Å². The summed E-state index contributed by atoms with van der Waals surface area (Å²) < 4.78 is 2.41. The van der Waals surface area contributed by atoms with Crippen LogP contribution in [0.2, 0.25) is 0 Å². The van der Waals surface area contributed by atoms with Gasteiger partial charge in [0.15, 0.2) is 0 Å². The van der Waals surface area contributed by atoms with Crippen molar-refractivity contribution in [2.24, 2.45) is 23.7 Å². The smallest absolute Gasteiger partial charge is 0.0541 e. The Hall–Kier alpha value is -5.92. The molecule has 0 N–H and O–H groups in total. The van der Waals surface area contributed by atoms with Crippen molar-refractivity contribution in [1.29, 1.82) is 0 Å². The monoisotopic (exact) mass is 703 g/mol. The van der Waals surface area contributed by atoms with E-state index in [1.54, 1.807) is 11.1 Å². The van der Waals surface area contributed by atoms with Crippen LogP contribution < -0.4 is 0 Å². The highest BCUT2D eigenvalue weighted by Crippen LogP contribution is 2.70. The zero-order valence-electron chi connectivity index (χ0n) is 30.9. The van der Waals surface area contributed by atoms with Crippen molar-refractivity contribution in [1.82, 2.24) is 4.57 Å². The maximum atomic E-state index is 2.54. The van der Waals surface area contributed by atoms with Crippen LogP contribution >= 0.6 is 0 Å². The highest BCUT2D eigenvalue weighted by molar-refractivity contribution is 6.23. The first-order valence-electron chi connectivity index (χ1n) is 20.5. The number of nitrogens with zero attached hydrogens (tertiary/aromatic N) is 1. The van der Waals surface area contributed by atoms with E-state index in [1.165, 1.54) is 115 Å². The Bertz CT molecular complexity index is 2910. The molecule has 4 saturated carbocycles. The average Bonchev–Trinajstić information content (AvgIpc) is 3.73. The van der Waals surface area contributed by atoms with Crippen molar-refractivity contribution in [2.45, 2.75) is 37.5 Å². The largest absolute Gasteiger partial charge is 0.309 e. The number of para-hydroxylation sites is 2. The quantitative estimate of drug-likeness (QED) is 0.161. The van der Waals surface area contributed by atoms with Gasteiger partial charge in [-0.25, -0.2) is 0 Å². The molecule has 0 radical (unpaired) electrons. The summed E-state index contributed by atoms with van der Waals surface area (Å²) in [6.45, 7) is 0. The molecule has 1 nitrogen and oxygen atoms in total. The Balaban J connectivity index is 1.04. The predicted octanol–water partition coefficient (Wildman–Crippen LogP) is 14.1. The summed E-state index contributed by atoms with van der Waals surface area (Å²) >= 11 is 0. The second kappa shape index (κ2) is 11.1. The normalized spacial score (nSPS) is 23.3. The fourth-order valence-corrected chi connectivity index (χ4v) is 13.1. The Morgan fingerprint density at radius 1 is 0.364 bits per heavy atom. The molecule has 1 spiro atoms. The number of fused-ring (bicyclic) bond motifs is 8. The van der Waals surface area contributed by atoms with E-state index < -0.39 is 0 Å². The van der Waals surface area contributed by atoms with E-state index in [0.29, 0.717) is 0 Å². The number of aromatic nitrogens is 1. The number of benzene rings is 8. The molecule has 55 heavy (non-hydrogen) atoms. The zero-order chi connectivity index (χ0) is 35.8. The third-order valence-electron chi connectivity index (χ3n) is 14.8. The van der Waals surface area contributed by atoms with Gasteiger partial charge in [0.2, 0.25) is 0 Å². The number of hydrogen-bond acceptors (Lipinski definition) is 0. The van der Waals surface area contributed by atoms with E-state index >= 15 is 0 Å². The molecule has 14 rings (SSSR count). The summed E-state index contributed by atoms with van der Waals surface area (Å²) in [5.41, 5.74) is 15.4. The van der Waals surface area contributed by atoms with Crippen LogP contribution in [0.15, 0.2) is 164 Å². The molecule has 4 bridgehead atoms. The van der Waals surface area contributed by atoms with Crippen LogP contribution in [-0.4, -0.2) is 4.57 Å². The first kappa shape index (κ1) is 30.4. The SMILES string of the molecule is c1ccc2c(c1)-c1c(-c3c4ccccc4c(-c4ccc(-n5c6ccccc6c6ccccc65)cc4)c4ccccc34)cccc1C21C2CC3CC(C2)CC1C3. The Labute approximate surface area is 321 Å². The summed E-state index contributed by atoms with van der Waals surface area (Å²) in [6.07, 6.45) is 7.09. The molecule has 9 aromatic rings. The zero-order valence-corrected chi connectivity index (χ0v) is 30.9. The molecule has 0 aliphatic heterocycles. The molecular formula is C54H41N. The lowest BCUT2D eigenvalue weighted by atomic mass is 9.43. The molecule has 5 aliphatic carbocycles.